The Morgan fingerprint density at radius 2 is 2.09 bits per heavy atom. The quantitative estimate of drug-likeness (QED) is 0.460. The molecule has 0 amide bonds. The molecule has 0 aliphatic carbocycles. The zero-order chi connectivity index (χ0) is 7.68. The van der Waals surface area contributed by atoms with Crippen LogP contribution in [0.15, 0.2) is 30.5 Å². The predicted octanol–water partition coefficient (Wildman–Crippen LogP) is 2.50. The first-order valence-corrected chi connectivity index (χ1v) is 3.97. The van der Waals surface area contributed by atoms with E-state index in [1.54, 1.807) is 0 Å². The zero-order valence-corrected chi connectivity index (χ0v) is 6.68. The summed E-state index contributed by atoms with van der Waals surface area (Å²) < 4.78 is 0. The summed E-state index contributed by atoms with van der Waals surface area (Å²) in [7, 11) is 0. The molecule has 0 aromatic heterocycles. The maximum atomic E-state index is 5.98. The molecule has 1 heterocycles. The molecule has 2 rings (SSSR count). The lowest BCUT2D eigenvalue weighted by Crippen LogP contribution is -2.13. The topological polar surface area (TPSA) is 12.0 Å². The van der Waals surface area contributed by atoms with Crippen LogP contribution in [-0.4, -0.2) is 0 Å². The molecular formula is C9H8ClN. The van der Waals surface area contributed by atoms with Crippen molar-refractivity contribution in [3.63, 3.8) is 0 Å². The molecule has 0 fully saturated rings. The monoisotopic (exact) mass is 165 g/mol. The van der Waals surface area contributed by atoms with Crippen LogP contribution in [0.5, 0.6) is 0 Å². The van der Waals surface area contributed by atoms with E-state index in [2.05, 4.69) is 11.4 Å². The van der Waals surface area contributed by atoms with Crippen molar-refractivity contribution in [3.05, 3.63) is 41.6 Å². The molecule has 1 aromatic carbocycles. The van der Waals surface area contributed by atoms with Crippen molar-refractivity contribution in [2.75, 3.05) is 0 Å². The Bertz CT molecular complexity index is 293. The van der Waals surface area contributed by atoms with Crippen molar-refractivity contribution in [1.82, 2.24) is 5.32 Å². The van der Waals surface area contributed by atoms with E-state index in [4.69, 9.17) is 11.6 Å². The van der Waals surface area contributed by atoms with Crippen LogP contribution < -0.4 is 5.32 Å². The molecule has 1 aliphatic heterocycles. The first kappa shape index (κ1) is 6.74. The number of halogens is 1. The van der Waals surface area contributed by atoms with Crippen LogP contribution in [0.25, 0.3) is 6.08 Å². The highest BCUT2D eigenvalue weighted by Crippen LogP contribution is 2.25. The number of alkyl halides is 1. The fourth-order valence-electron chi connectivity index (χ4n) is 1.21. The van der Waals surface area contributed by atoms with Gasteiger partial charge in [-0.25, -0.2) is 0 Å². The van der Waals surface area contributed by atoms with Gasteiger partial charge >= 0.3 is 0 Å². The third kappa shape index (κ3) is 1.12. The van der Waals surface area contributed by atoms with E-state index in [0.717, 1.165) is 5.56 Å². The van der Waals surface area contributed by atoms with Gasteiger partial charge in [0.15, 0.2) is 0 Å². The van der Waals surface area contributed by atoms with Gasteiger partial charge in [-0.2, -0.15) is 0 Å². The number of hydrogen-bond donors (Lipinski definition) is 1. The number of nitrogens with one attached hydrogen (secondary N) is 1. The second kappa shape index (κ2) is 2.59. The lowest BCUT2D eigenvalue weighted by molar-refractivity contribution is 0.821. The van der Waals surface area contributed by atoms with Gasteiger partial charge in [0.05, 0.1) is 0 Å². The predicted molar refractivity (Wildman–Crippen MR) is 47.2 cm³/mol. The van der Waals surface area contributed by atoms with Crippen molar-refractivity contribution >= 4 is 17.7 Å². The molecule has 56 valence electrons. The molecule has 1 atom stereocenters. The first-order chi connectivity index (χ1) is 5.38. The largest absolute Gasteiger partial charge is 0.372 e. The molecule has 2 heteroatoms. The molecule has 1 unspecified atom stereocenters. The Morgan fingerprint density at radius 1 is 1.27 bits per heavy atom. The van der Waals surface area contributed by atoms with Crippen molar-refractivity contribution in [2.24, 2.45) is 0 Å². The van der Waals surface area contributed by atoms with Crippen LogP contribution in [0.2, 0.25) is 0 Å². The van der Waals surface area contributed by atoms with Crippen molar-refractivity contribution in [1.29, 1.82) is 0 Å². The van der Waals surface area contributed by atoms with Gasteiger partial charge in [-0.1, -0.05) is 35.9 Å². The van der Waals surface area contributed by atoms with Gasteiger partial charge < -0.3 is 5.32 Å². The Balaban J connectivity index is 2.54. The minimum absolute atomic E-state index is 0.0730. The van der Waals surface area contributed by atoms with Crippen LogP contribution in [0.3, 0.4) is 0 Å². The molecule has 1 aliphatic rings. The molecule has 1 aromatic rings. The van der Waals surface area contributed by atoms with E-state index in [1.165, 1.54) is 5.56 Å². The van der Waals surface area contributed by atoms with Gasteiger partial charge in [0.1, 0.15) is 5.50 Å². The van der Waals surface area contributed by atoms with Crippen LogP contribution >= 0.6 is 11.6 Å². The molecule has 0 spiro atoms. The smallest absolute Gasteiger partial charge is 0.127 e. The lowest BCUT2D eigenvalue weighted by atomic mass is 10.1. The van der Waals surface area contributed by atoms with E-state index in [0.29, 0.717) is 0 Å². The number of rotatable bonds is 0. The Labute approximate surface area is 70.7 Å². The highest BCUT2D eigenvalue weighted by Gasteiger charge is 2.11. The van der Waals surface area contributed by atoms with E-state index >= 15 is 0 Å². The molecule has 1 N–H and O–H groups in total. The van der Waals surface area contributed by atoms with Gasteiger partial charge in [0, 0.05) is 0 Å². The molecule has 0 bridgehead atoms. The van der Waals surface area contributed by atoms with E-state index < -0.39 is 0 Å². The van der Waals surface area contributed by atoms with Crippen LogP contribution in [0, 0.1) is 0 Å². The standard InChI is InChI=1S/C9H8ClN/c10-9-8-4-2-1-3-7(8)5-6-11-9/h1-6,9,11H. The number of hydrogen-bond acceptors (Lipinski definition) is 1. The molecule has 11 heavy (non-hydrogen) atoms. The van der Waals surface area contributed by atoms with Gasteiger partial charge in [0.2, 0.25) is 0 Å². The molecule has 0 saturated heterocycles. The maximum absolute atomic E-state index is 5.98. The maximum Gasteiger partial charge on any atom is 0.127 e. The molecule has 1 nitrogen and oxygen atoms in total. The second-order valence-corrected chi connectivity index (χ2v) is 2.93. The van der Waals surface area contributed by atoms with Gasteiger partial charge in [-0.3, -0.25) is 0 Å². The van der Waals surface area contributed by atoms with Crippen molar-refractivity contribution in [2.45, 2.75) is 5.50 Å². The van der Waals surface area contributed by atoms with E-state index in [-0.39, 0.29) is 5.50 Å². The van der Waals surface area contributed by atoms with E-state index in [1.807, 2.05) is 30.5 Å². The number of fused-ring (bicyclic) bond motifs is 1. The molecular weight excluding hydrogens is 158 g/mol. The average molecular weight is 166 g/mol. The summed E-state index contributed by atoms with van der Waals surface area (Å²) in [5, 5.41) is 3.02. The fraction of sp³-hybridized carbons (Fsp3) is 0.111. The van der Waals surface area contributed by atoms with E-state index in [9.17, 15) is 0 Å². The highest BCUT2D eigenvalue weighted by molar-refractivity contribution is 6.21. The summed E-state index contributed by atoms with van der Waals surface area (Å²) in [4.78, 5) is 0. The lowest BCUT2D eigenvalue weighted by Gasteiger charge is -2.17. The van der Waals surface area contributed by atoms with Crippen molar-refractivity contribution < 1.29 is 0 Å². The summed E-state index contributed by atoms with van der Waals surface area (Å²) in [6.45, 7) is 0. The molecule has 0 saturated carbocycles. The SMILES string of the molecule is ClC1NC=Cc2ccccc21. The summed E-state index contributed by atoms with van der Waals surface area (Å²) in [6.07, 6.45) is 3.90. The molecule has 0 radical (unpaired) electrons. The Hall–Kier alpha value is -0.950. The Morgan fingerprint density at radius 3 is 2.91 bits per heavy atom. The first-order valence-electron chi connectivity index (χ1n) is 3.53. The van der Waals surface area contributed by atoms with Crippen molar-refractivity contribution in [3.8, 4) is 0 Å². The third-order valence-electron chi connectivity index (χ3n) is 1.77. The van der Waals surface area contributed by atoms with Gasteiger partial charge in [-0.05, 0) is 23.4 Å². The summed E-state index contributed by atoms with van der Waals surface area (Å²) in [6, 6.07) is 8.10. The minimum atomic E-state index is -0.0730. The number of benzene rings is 1. The minimum Gasteiger partial charge on any atom is -0.372 e. The highest BCUT2D eigenvalue weighted by atomic mass is 35.5. The normalized spacial score (nSPS) is 20.6. The summed E-state index contributed by atoms with van der Waals surface area (Å²) in [5.74, 6) is 0. The second-order valence-electron chi connectivity index (χ2n) is 2.49. The van der Waals surface area contributed by atoms with Crippen LogP contribution in [0.4, 0.5) is 0 Å². The van der Waals surface area contributed by atoms with Crippen LogP contribution in [-0.2, 0) is 0 Å². The summed E-state index contributed by atoms with van der Waals surface area (Å²) in [5.41, 5.74) is 2.28. The summed E-state index contributed by atoms with van der Waals surface area (Å²) >= 11 is 5.98. The fourth-order valence-corrected chi connectivity index (χ4v) is 1.48. The van der Waals surface area contributed by atoms with Crippen LogP contribution in [0.1, 0.15) is 16.6 Å². The zero-order valence-electron chi connectivity index (χ0n) is 5.92. The van der Waals surface area contributed by atoms with Gasteiger partial charge in [0.25, 0.3) is 0 Å². The third-order valence-corrected chi connectivity index (χ3v) is 2.14. The van der Waals surface area contributed by atoms with Gasteiger partial charge in [-0.15, -0.1) is 0 Å². The Kier molecular flexibility index (Phi) is 1.59. The average Bonchev–Trinajstić information content (AvgIpc) is 2.06.